The van der Waals surface area contributed by atoms with Crippen molar-refractivity contribution in [3.05, 3.63) is 5.01 Å². The fourth-order valence-corrected chi connectivity index (χ4v) is 3.30. The molecule has 0 aromatic carbocycles. The van der Waals surface area contributed by atoms with Gasteiger partial charge >= 0.3 is 6.18 Å². The third kappa shape index (κ3) is 3.93. The van der Waals surface area contributed by atoms with Crippen LogP contribution in [0.1, 0.15) is 50.5 Å². The van der Waals surface area contributed by atoms with Gasteiger partial charge in [0.2, 0.25) is 11.0 Å². The Morgan fingerprint density at radius 1 is 1.29 bits per heavy atom. The van der Waals surface area contributed by atoms with E-state index in [1.807, 2.05) is 13.8 Å². The summed E-state index contributed by atoms with van der Waals surface area (Å²) in [5.41, 5.74) is 0. The van der Waals surface area contributed by atoms with Gasteiger partial charge in [0.05, 0.1) is 5.92 Å². The van der Waals surface area contributed by atoms with Crippen LogP contribution in [0.4, 0.5) is 18.3 Å². The van der Waals surface area contributed by atoms with E-state index in [1.165, 1.54) is 11.3 Å². The minimum absolute atomic E-state index is 0.0228. The fourth-order valence-electron chi connectivity index (χ4n) is 2.55. The molecule has 1 N–H and O–H groups in total. The quantitative estimate of drug-likeness (QED) is 0.916. The molecule has 0 bridgehead atoms. The van der Waals surface area contributed by atoms with Crippen LogP contribution in [0, 0.1) is 11.8 Å². The van der Waals surface area contributed by atoms with Gasteiger partial charge in [-0.3, -0.25) is 4.79 Å². The Balaban J connectivity index is 2.06. The molecule has 8 heteroatoms. The second-order valence-electron chi connectivity index (χ2n) is 5.63. The summed E-state index contributed by atoms with van der Waals surface area (Å²) in [5.74, 6) is -3.00. The third-order valence-electron chi connectivity index (χ3n) is 3.69. The molecule has 0 spiro atoms. The summed E-state index contributed by atoms with van der Waals surface area (Å²) in [6.07, 6.45) is -2.87. The number of hydrogen-bond acceptors (Lipinski definition) is 4. The Labute approximate surface area is 125 Å². The summed E-state index contributed by atoms with van der Waals surface area (Å²) in [7, 11) is 0. The van der Waals surface area contributed by atoms with Gasteiger partial charge in [0, 0.05) is 11.8 Å². The molecule has 1 heterocycles. The highest BCUT2D eigenvalue weighted by atomic mass is 32.1. The van der Waals surface area contributed by atoms with Gasteiger partial charge in [-0.05, 0) is 12.8 Å². The monoisotopic (exact) mass is 321 g/mol. The molecule has 0 aliphatic heterocycles. The van der Waals surface area contributed by atoms with E-state index in [9.17, 15) is 18.0 Å². The molecule has 2 rings (SSSR count). The highest BCUT2D eigenvalue weighted by molar-refractivity contribution is 7.15. The lowest BCUT2D eigenvalue weighted by atomic mass is 9.78. The largest absolute Gasteiger partial charge is 0.392 e. The molecule has 1 aromatic heterocycles. The molecule has 4 nitrogen and oxygen atoms in total. The van der Waals surface area contributed by atoms with Crippen LogP contribution >= 0.6 is 11.3 Å². The third-order valence-corrected chi connectivity index (χ3v) is 4.83. The molecule has 1 saturated carbocycles. The zero-order valence-electron chi connectivity index (χ0n) is 11.9. The van der Waals surface area contributed by atoms with Crippen molar-refractivity contribution in [1.29, 1.82) is 0 Å². The van der Waals surface area contributed by atoms with Crippen LogP contribution in [-0.4, -0.2) is 22.3 Å². The van der Waals surface area contributed by atoms with Crippen molar-refractivity contribution in [2.45, 2.75) is 51.6 Å². The smallest absolute Gasteiger partial charge is 0.300 e. The molecule has 21 heavy (non-hydrogen) atoms. The highest BCUT2D eigenvalue weighted by Crippen LogP contribution is 2.42. The van der Waals surface area contributed by atoms with E-state index >= 15 is 0 Å². The van der Waals surface area contributed by atoms with Gasteiger partial charge in [-0.15, -0.1) is 10.2 Å². The first-order valence-corrected chi connectivity index (χ1v) is 7.81. The Bertz CT molecular complexity index is 501. The number of anilines is 1. The predicted octanol–water partition coefficient (Wildman–Crippen LogP) is 3.97. The molecule has 0 radical (unpaired) electrons. The molecule has 1 aromatic rings. The van der Waals surface area contributed by atoms with Crippen molar-refractivity contribution in [2.24, 2.45) is 11.8 Å². The molecule has 1 aliphatic carbocycles. The SMILES string of the molecule is CC(C)c1nnc(NC(=O)[C@@H]2CCCC[C@H]2C(F)(F)F)s1. The zero-order valence-corrected chi connectivity index (χ0v) is 12.7. The average molecular weight is 321 g/mol. The van der Waals surface area contributed by atoms with Crippen molar-refractivity contribution in [2.75, 3.05) is 5.32 Å². The minimum Gasteiger partial charge on any atom is -0.300 e. The average Bonchev–Trinajstić information content (AvgIpc) is 2.86. The molecule has 1 amide bonds. The second kappa shape index (κ2) is 6.29. The Morgan fingerprint density at radius 3 is 2.52 bits per heavy atom. The van der Waals surface area contributed by atoms with Crippen LogP contribution in [0.15, 0.2) is 0 Å². The van der Waals surface area contributed by atoms with Crippen molar-refractivity contribution in [1.82, 2.24) is 10.2 Å². The van der Waals surface area contributed by atoms with Crippen molar-refractivity contribution in [3.63, 3.8) is 0 Å². The van der Waals surface area contributed by atoms with E-state index in [-0.39, 0.29) is 23.9 Å². The molecule has 118 valence electrons. The molecule has 1 fully saturated rings. The lowest BCUT2D eigenvalue weighted by Crippen LogP contribution is -2.39. The summed E-state index contributed by atoms with van der Waals surface area (Å²) in [4.78, 5) is 12.1. The van der Waals surface area contributed by atoms with Gasteiger partial charge in [-0.1, -0.05) is 38.0 Å². The molecular weight excluding hydrogens is 303 g/mol. The maximum absolute atomic E-state index is 13.0. The maximum atomic E-state index is 13.0. The second-order valence-corrected chi connectivity index (χ2v) is 6.64. The summed E-state index contributed by atoms with van der Waals surface area (Å²) < 4.78 is 39.0. The van der Waals surface area contributed by atoms with Crippen LogP contribution < -0.4 is 5.32 Å². The van der Waals surface area contributed by atoms with E-state index in [4.69, 9.17) is 0 Å². The number of alkyl halides is 3. The van der Waals surface area contributed by atoms with E-state index in [0.29, 0.717) is 12.8 Å². The van der Waals surface area contributed by atoms with Crippen molar-refractivity contribution in [3.8, 4) is 0 Å². The Kier molecular flexibility index (Phi) is 4.85. The topological polar surface area (TPSA) is 54.9 Å². The standard InChI is InChI=1S/C13H18F3N3OS/c1-7(2)11-18-19-12(21-11)17-10(20)8-5-3-4-6-9(8)13(14,15)16/h7-9H,3-6H2,1-2H3,(H,17,19,20)/t8-,9-/m1/s1. The lowest BCUT2D eigenvalue weighted by molar-refractivity contribution is -0.197. The summed E-state index contributed by atoms with van der Waals surface area (Å²) >= 11 is 1.21. The first kappa shape index (κ1) is 16.2. The number of carbonyl (C=O) groups excluding carboxylic acids is 1. The Hall–Kier alpha value is -1.18. The van der Waals surface area contributed by atoms with E-state index in [1.54, 1.807) is 0 Å². The number of amides is 1. The number of nitrogens with zero attached hydrogens (tertiary/aromatic N) is 2. The van der Waals surface area contributed by atoms with Gasteiger partial charge < -0.3 is 5.32 Å². The number of hydrogen-bond donors (Lipinski definition) is 1. The highest BCUT2D eigenvalue weighted by Gasteiger charge is 2.48. The van der Waals surface area contributed by atoms with Crippen LogP contribution in [0.5, 0.6) is 0 Å². The molecule has 2 atom stereocenters. The molecular formula is C13H18F3N3OS. The molecule has 0 unspecified atom stereocenters. The van der Waals surface area contributed by atoms with Gasteiger partial charge in [0.15, 0.2) is 0 Å². The zero-order chi connectivity index (χ0) is 15.6. The number of aromatic nitrogens is 2. The predicted molar refractivity (Wildman–Crippen MR) is 74.1 cm³/mol. The number of nitrogens with one attached hydrogen (secondary N) is 1. The number of rotatable bonds is 3. The maximum Gasteiger partial charge on any atom is 0.392 e. The van der Waals surface area contributed by atoms with E-state index in [0.717, 1.165) is 5.01 Å². The Morgan fingerprint density at radius 2 is 1.95 bits per heavy atom. The van der Waals surface area contributed by atoms with Gasteiger partial charge in [0.25, 0.3) is 0 Å². The normalized spacial score (nSPS) is 23.3. The summed E-state index contributed by atoms with van der Waals surface area (Å²) in [6, 6.07) is 0. The van der Waals surface area contributed by atoms with Crippen LogP contribution in [0.2, 0.25) is 0 Å². The van der Waals surface area contributed by atoms with Gasteiger partial charge in [-0.2, -0.15) is 13.2 Å². The van der Waals surface area contributed by atoms with Gasteiger partial charge in [-0.25, -0.2) is 0 Å². The summed E-state index contributed by atoms with van der Waals surface area (Å²) in [6.45, 7) is 3.87. The lowest BCUT2D eigenvalue weighted by Gasteiger charge is -2.31. The van der Waals surface area contributed by atoms with Crippen LogP contribution in [0.3, 0.4) is 0 Å². The minimum atomic E-state index is -4.33. The first-order chi connectivity index (χ1) is 9.79. The molecule has 1 aliphatic rings. The van der Waals surface area contributed by atoms with Crippen molar-refractivity contribution < 1.29 is 18.0 Å². The van der Waals surface area contributed by atoms with Crippen LogP contribution in [0.25, 0.3) is 0 Å². The fraction of sp³-hybridized carbons (Fsp3) is 0.769. The first-order valence-electron chi connectivity index (χ1n) is 7.00. The van der Waals surface area contributed by atoms with Crippen molar-refractivity contribution >= 4 is 22.4 Å². The number of carbonyl (C=O) groups is 1. The number of halogens is 3. The van der Waals surface area contributed by atoms with Gasteiger partial charge in [0.1, 0.15) is 5.01 Å². The summed E-state index contributed by atoms with van der Waals surface area (Å²) in [5, 5.41) is 11.2. The molecule has 0 saturated heterocycles. The van der Waals surface area contributed by atoms with Crippen LogP contribution in [-0.2, 0) is 4.79 Å². The van der Waals surface area contributed by atoms with E-state index < -0.39 is 23.9 Å². The van der Waals surface area contributed by atoms with E-state index in [2.05, 4.69) is 15.5 Å².